The number of hydrogen-bond donors (Lipinski definition) is 3. The lowest BCUT2D eigenvalue weighted by Crippen LogP contribution is -3.00. The van der Waals surface area contributed by atoms with E-state index in [1.807, 2.05) is 0 Å². The number of unbranched alkanes of at least 4 members (excludes halogenated alkanes) is 26. The second-order valence-corrected chi connectivity index (χ2v) is 13.7. The second kappa shape index (κ2) is 32.5. The number of halogens is 1. The maximum atomic E-state index is 10.2. The van der Waals surface area contributed by atoms with Crippen molar-refractivity contribution in [3.63, 3.8) is 0 Å². The van der Waals surface area contributed by atoms with Crippen molar-refractivity contribution in [2.45, 2.75) is 199 Å². The number of nitrogens with zero attached hydrogens (tertiary/aromatic N) is 1. The Balaban J connectivity index is 0. The summed E-state index contributed by atoms with van der Waals surface area (Å²) in [4.78, 5) is 0. The predicted molar refractivity (Wildman–Crippen MR) is 181 cm³/mol. The van der Waals surface area contributed by atoms with Gasteiger partial charge in [-0.3, -0.25) is 0 Å². The number of aliphatic hydroxyl groups is 3. The van der Waals surface area contributed by atoms with Crippen LogP contribution in [0.3, 0.4) is 0 Å². The average molecular weight is 620 g/mol. The van der Waals surface area contributed by atoms with Crippen molar-refractivity contribution >= 4 is 0 Å². The van der Waals surface area contributed by atoms with E-state index in [1.165, 1.54) is 167 Å². The first-order chi connectivity index (χ1) is 20.1. The van der Waals surface area contributed by atoms with Gasteiger partial charge in [0.1, 0.15) is 19.8 Å². The molecular formula is C37H78ClNO3. The van der Waals surface area contributed by atoms with Crippen LogP contribution in [0.2, 0.25) is 0 Å². The number of aliphatic hydroxyl groups excluding tert-OH is 3. The quantitative estimate of drug-likeness (QED) is 0.0531. The maximum absolute atomic E-state index is 10.2. The van der Waals surface area contributed by atoms with Gasteiger partial charge in [0.2, 0.25) is 0 Å². The molecule has 0 heterocycles. The Morgan fingerprint density at radius 2 is 0.548 bits per heavy atom. The molecule has 0 saturated carbocycles. The largest absolute Gasteiger partial charge is 1.00 e. The van der Waals surface area contributed by atoms with Gasteiger partial charge in [-0.05, 0) is 25.7 Å². The van der Waals surface area contributed by atoms with E-state index in [1.54, 1.807) is 0 Å². The number of quaternary nitrogens is 1. The zero-order valence-electron chi connectivity index (χ0n) is 29.0. The predicted octanol–water partition coefficient (Wildman–Crippen LogP) is 7.12. The van der Waals surface area contributed by atoms with Gasteiger partial charge in [0, 0.05) is 0 Å². The van der Waals surface area contributed by atoms with Gasteiger partial charge in [-0.25, -0.2) is 0 Å². The smallest absolute Gasteiger partial charge is 0.169 e. The molecule has 0 bridgehead atoms. The van der Waals surface area contributed by atoms with Crippen LogP contribution in [0.4, 0.5) is 0 Å². The third-order valence-corrected chi connectivity index (χ3v) is 10.0. The fourth-order valence-corrected chi connectivity index (χ4v) is 6.56. The third kappa shape index (κ3) is 22.6. The first kappa shape index (κ1) is 44.3. The van der Waals surface area contributed by atoms with E-state index in [0.29, 0.717) is 4.48 Å². The topological polar surface area (TPSA) is 60.7 Å². The van der Waals surface area contributed by atoms with Gasteiger partial charge in [0.15, 0.2) is 5.54 Å². The van der Waals surface area contributed by atoms with Gasteiger partial charge < -0.3 is 32.2 Å². The minimum Gasteiger partial charge on any atom is -1.00 e. The van der Waals surface area contributed by atoms with E-state index < -0.39 is 5.54 Å². The molecule has 0 radical (unpaired) electrons. The number of hydrogen-bond acceptors (Lipinski definition) is 3. The standard InChI is InChI=1S/C37H78NO3.ClH/c1-4-6-8-10-12-14-16-18-20-22-24-26-28-30-32-38(3,37(34-39,35-40)36-41)33-31-29-27-25-23-21-19-17-15-13-11-9-7-5-2;/h39-41H,4-36H2,1-3H3;1H/q+1;/p-1. The van der Waals surface area contributed by atoms with Gasteiger partial charge in [-0.2, -0.15) is 0 Å². The Morgan fingerprint density at radius 3 is 0.738 bits per heavy atom. The summed E-state index contributed by atoms with van der Waals surface area (Å²) < 4.78 is 0.590. The normalized spacial score (nSPS) is 12.1. The van der Waals surface area contributed by atoms with E-state index in [4.69, 9.17) is 0 Å². The lowest BCUT2D eigenvalue weighted by Gasteiger charge is -2.49. The van der Waals surface area contributed by atoms with Gasteiger partial charge in [-0.1, -0.05) is 168 Å². The highest BCUT2D eigenvalue weighted by Gasteiger charge is 2.46. The second-order valence-electron chi connectivity index (χ2n) is 13.7. The van der Waals surface area contributed by atoms with Crippen molar-refractivity contribution in [2.24, 2.45) is 0 Å². The van der Waals surface area contributed by atoms with Crippen LogP contribution in [-0.2, 0) is 0 Å². The van der Waals surface area contributed by atoms with Crippen molar-refractivity contribution in [2.75, 3.05) is 40.0 Å². The Kier molecular flexibility index (Phi) is 34.3. The Morgan fingerprint density at radius 1 is 0.357 bits per heavy atom. The molecule has 0 fully saturated rings. The zero-order chi connectivity index (χ0) is 30.3. The first-order valence-corrected chi connectivity index (χ1v) is 18.7. The Bertz CT molecular complexity index is 475. The highest BCUT2D eigenvalue weighted by Crippen LogP contribution is 2.26. The first-order valence-electron chi connectivity index (χ1n) is 18.7. The van der Waals surface area contributed by atoms with Crippen LogP contribution in [0.5, 0.6) is 0 Å². The summed E-state index contributed by atoms with van der Waals surface area (Å²) in [7, 11) is 2.16. The highest BCUT2D eigenvalue weighted by molar-refractivity contribution is 4.80. The number of likely N-dealkylation sites (N-methyl/N-ethyl adjacent to an activating group) is 1. The van der Waals surface area contributed by atoms with Gasteiger partial charge >= 0.3 is 0 Å². The van der Waals surface area contributed by atoms with E-state index >= 15 is 0 Å². The molecule has 0 unspecified atom stereocenters. The molecule has 5 heteroatoms. The van der Waals surface area contributed by atoms with Crippen molar-refractivity contribution in [3.8, 4) is 0 Å². The van der Waals surface area contributed by atoms with Crippen LogP contribution in [0.15, 0.2) is 0 Å². The molecule has 0 aliphatic rings. The van der Waals surface area contributed by atoms with Crippen LogP contribution in [0, 0.1) is 0 Å². The lowest BCUT2D eigenvalue weighted by molar-refractivity contribution is -0.961. The zero-order valence-corrected chi connectivity index (χ0v) is 29.8. The van der Waals surface area contributed by atoms with E-state index in [9.17, 15) is 15.3 Å². The molecule has 0 aliphatic carbocycles. The molecule has 0 aliphatic heterocycles. The molecule has 0 aromatic heterocycles. The van der Waals surface area contributed by atoms with Gasteiger partial charge in [0.05, 0.1) is 20.1 Å². The van der Waals surface area contributed by atoms with Crippen LogP contribution in [0.1, 0.15) is 194 Å². The Labute approximate surface area is 270 Å². The van der Waals surface area contributed by atoms with Crippen LogP contribution in [-0.4, -0.2) is 65.3 Å². The minimum absolute atomic E-state index is 0. The van der Waals surface area contributed by atoms with Gasteiger partial charge in [0.25, 0.3) is 0 Å². The average Bonchev–Trinajstić information content (AvgIpc) is 2.98. The Hall–Kier alpha value is 0.130. The molecule has 3 N–H and O–H groups in total. The van der Waals surface area contributed by atoms with Crippen molar-refractivity contribution in [1.29, 1.82) is 0 Å². The summed E-state index contributed by atoms with van der Waals surface area (Å²) in [6.45, 7) is 5.95. The SMILES string of the molecule is CCCCCCCCCCCCCCCC[N+](C)(CCCCCCCCCCCCCCCC)C(CO)(CO)CO.[Cl-]. The fraction of sp³-hybridized carbons (Fsp3) is 1.00. The molecule has 42 heavy (non-hydrogen) atoms. The van der Waals surface area contributed by atoms with Crippen LogP contribution in [0.25, 0.3) is 0 Å². The summed E-state index contributed by atoms with van der Waals surface area (Å²) in [5.74, 6) is 0. The van der Waals surface area contributed by atoms with E-state index in [-0.39, 0.29) is 32.2 Å². The molecule has 0 aromatic rings. The van der Waals surface area contributed by atoms with Crippen molar-refractivity contribution in [3.05, 3.63) is 0 Å². The summed E-state index contributed by atoms with van der Waals surface area (Å²) in [6.07, 6.45) is 37.8. The molecule has 0 aromatic carbocycles. The molecule has 0 rings (SSSR count). The van der Waals surface area contributed by atoms with Crippen LogP contribution >= 0.6 is 0 Å². The lowest BCUT2D eigenvalue weighted by atomic mass is 9.94. The van der Waals surface area contributed by atoms with Crippen molar-refractivity contribution in [1.82, 2.24) is 0 Å². The van der Waals surface area contributed by atoms with Crippen LogP contribution < -0.4 is 12.4 Å². The van der Waals surface area contributed by atoms with E-state index in [0.717, 1.165) is 25.9 Å². The summed E-state index contributed by atoms with van der Waals surface area (Å²) in [5, 5.41) is 30.6. The molecule has 256 valence electrons. The molecule has 0 spiro atoms. The monoisotopic (exact) mass is 620 g/mol. The third-order valence-electron chi connectivity index (χ3n) is 10.0. The minimum atomic E-state index is -0.840. The fourth-order valence-electron chi connectivity index (χ4n) is 6.56. The molecular weight excluding hydrogens is 542 g/mol. The highest BCUT2D eigenvalue weighted by atomic mass is 35.5. The molecule has 0 amide bonds. The molecule has 0 atom stereocenters. The summed E-state index contributed by atoms with van der Waals surface area (Å²) in [5.41, 5.74) is -0.840. The number of rotatable bonds is 34. The summed E-state index contributed by atoms with van der Waals surface area (Å²) in [6, 6.07) is 0. The molecule has 0 saturated heterocycles. The van der Waals surface area contributed by atoms with E-state index in [2.05, 4.69) is 20.9 Å². The van der Waals surface area contributed by atoms with Crippen molar-refractivity contribution < 1.29 is 32.2 Å². The van der Waals surface area contributed by atoms with Gasteiger partial charge in [-0.15, -0.1) is 0 Å². The maximum Gasteiger partial charge on any atom is 0.169 e. The summed E-state index contributed by atoms with van der Waals surface area (Å²) >= 11 is 0. The molecule has 4 nitrogen and oxygen atoms in total.